The Kier molecular flexibility index (Phi) is 5.25. The normalized spacial score (nSPS) is 11.3. The van der Waals surface area contributed by atoms with Crippen LogP contribution in [0.1, 0.15) is 5.56 Å². The molecule has 2 aromatic carbocycles. The molecule has 1 heterocycles. The molecule has 0 fully saturated rings. The molecule has 0 bridgehead atoms. The molecule has 0 saturated carbocycles. The molecule has 1 N–H and O–H groups in total. The standard InChI is InChI=1S/C19H13F4N3O2/c20-14-7-3-1-5-12(14)16-9-18(28)26(11-24-16)10-17(27)25-15-8-4-2-6-13(15)19(21,22)23/h1-9,11H,10H2,(H,25,27). The molecule has 0 saturated heterocycles. The number of rotatable bonds is 4. The molecule has 3 rings (SSSR count). The van der Waals surface area contributed by atoms with Crippen molar-refractivity contribution in [3.8, 4) is 11.3 Å². The predicted octanol–water partition coefficient (Wildman–Crippen LogP) is 3.71. The summed E-state index contributed by atoms with van der Waals surface area (Å²) in [5.41, 5.74) is -1.85. The summed E-state index contributed by atoms with van der Waals surface area (Å²) < 4.78 is 53.6. The van der Waals surface area contributed by atoms with Crippen LogP contribution >= 0.6 is 0 Å². The van der Waals surface area contributed by atoms with Crippen molar-refractivity contribution < 1.29 is 22.4 Å². The first-order chi connectivity index (χ1) is 13.3. The highest BCUT2D eigenvalue weighted by atomic mass is 19.4. The van der Waals surface area contributed by atoms with Crippen molar-refractivity contribution in [1.82, 2.24) is 9.55 Å². The lowest BCUT2D eigenvalue weighted by atomic mass is 10.1. The van der Waals surface area contributed by atoms with Crippen LogP contribution in [0.15, 0.2) is 65.7 Å². The van der Waals surface area contributed by atoms with Gasteiger partial charge >= 0.3 is 6.18 Å². The number of amides is 1. The zero-order valence-electron chi connectivity index (χ0n) is 14.2. The van der Waals surface area contributed by atoms with Crippen molar-refractivity contribution in [2.24, 2.45) is 0 Å². The van der Waals surface area contributed by atoms with Gasteiger partial charge in [0.05, 0.1) is 23.3 Å². The molecule has 5 nitrogen and oxygen atoms in total. The van der Waals surface area contributed by atoms with Crippen LogP contribution in [-0.2, 0) is 17.5 Å². The minimum atomic E-state index is -4.64. The summed E-state index contributed by atoms with van der Waals surface area (Å²) >= 11 is 0. The topological polar surface area (TPSA) is 64.0 Å². The van der Waals surface area contributed by atoms with Crippen LogP contribution in [0.5, 0.6) is 0 Å². The minimum absolute atomic E-state index is 0.0853. The number of aromatic nitrogens is 2. The minimum Gasteiger partial charge on any atom is -0.324 e. The number of hydrogen-bond donors (Lipinski definition) is 1. The van der Waals surface area contributed by atoms with Crippen molar-refractivity contribution in [3.05, 3.63) is 82.7 Å². The number of para-hydroxylation sites is 1. The lowest BCUT2D eigenvalue weighted by molar-refractivity contribution is -0.137. The van der Waals surface area contributed by atoms with Crippen molar-refractivity contribution in [2.45, 2.75) is 12.7 Å². The maximum absolute atomic E-state index is 13.8. The Bertz CT molecular complexity index is 1080. The van der Waals surface area contributed by atoms with E-state index in [9.17, 15) is 27.2 Å². The van der Waals surface area contributed by atoms with E-state index < -0.39 is 41.3 Å². The highest BCUT2D eigenvalue weighted by molar-refractivity contribution is 5.91. The van der Waals surface area contributed by atoms with Crippen LogP contribution in [0.25, 0.3) is 11.3 Å². The van der Waals surface area contributed by atoms with Crippen LogP contribution in [0.3, 0.4) is 0 Å². The van der Waals surface area contributed by atoms with Crippen LogP contribution < -0.4 is 10.9 Å². The summed E-state index contributed by atoms with van der Waals surface area (Å²) in [6.45, 7) is -0.546. The molecular weight excluding hydrogens is 378 g/mol. The zero-order valence-corrected chi connectivity index (χ0v) is 14.2. The van der Waals surface area contributed by atoms with E-state index in [0.29, 0.717) is 0 Å². The second-order valence-corrected chi connectivity index (χ2v) is 5.81. The Hall–Kier alpha value is -3.49. The fraction of sp³-hybridized carbons (Fsp3) is 0.105. The number of nitrogens with zero attached hydrogens (tertiary/aromatic N) is 2. The maximum Gasteiger partial charge on any atom is 0.418 e. The molecule has 0 atom stereocenters. The third-order valence-corrected chi connectivity index (χ3v) is 3.85. The number of anilines is 1. The quantitative estimate of drug-likeness (QED) is 0.690. The molecule has 0 unspecified atom stereocenters. The van der Waals surface area contributed by atoms with Gasteiger partial charge in [0.2, 0.25) is 5.91 Å². The number of halogens is 4. The van der Waals surface area contributed by atoms with Gasteiger partial charge in [0.1, 0.15) is 12.4 Å². The van der Waals surface area contributed by atoms with E-state index in [2.05, 4.69) is 10.3 Å². The summed E-state index contributed by atoms with van der Waals surface area (Å²) in [5, 5.41) is 2.14. The third-order valence-electron chi connectivity index (χ3n) is 3.85. The van der Waals surface area contributed by atoms with E-state index >= 15 is 0 Å². The summed E-state index contributed by atoms with van der Waals surface area (Å²) in [6.07, 6.45) is -3.59. The molecule has 1 amide bonds. The summed E-state index contributed by atoms with van der Waals surface area (Å²) in [7, 11) is 0. The van der Waals surface area contributed by atoms with Crippen molar-refractivity contribution >= 4 is 11.6 Å². The van der Waals surface area contributed by atoms with E-state index in [1.165, 1.54) is 30.3 Å². The molecule has 0 spiro atoms. The lowest BCUT2D eigenvalue weighted by Gasteiger charge is -2.14. The largest absolute Gasteiger partial charge is 0.418 e. The average Bonchev–Trinajstić information content (AvgIpc) is 2.63. The van der Waals surface area contributed by atoms with Crippen molar-refractivity contribution in [1.29, 1.82) is 0 Å². The Balaban J connectivity index is 1.79. The van der Waals surface area contributed by atoms with Gasteiger partial charge in [-0.25, -0.2) is 9.37 Å². The Morgan fingerprint density at radius 1 is 1.07 bits per heavy atom. The highest BCUT2D eigenvalue weighted by Crippen LogP contribution is 2.34. The van der Waals surface area contributed by atoms with Crippen LogP contribution in [0.4, 0.5) is 23.2 Å². The molecule has 9 heteroatoms. The number of carbonyl (C=O) groups is 1. The second kappa shape index (κ2) is 7.63. The Morgan fingerprint density at radius 2 is 1.75 bits per heavy atom. The Labute approximate surface area is 156 Å². The molecule has 3 aromatic rings. The number of benzene rings is 2. The van der Waals surface area contributed by atoms with Crippen LogP contribution in [0.2, 0.25) is 0 Å². The molecule has 1 aromatic heterocycles. The van der Waals surface area contributed by atoms with Gasteiger partial charge in [-0.05, 0) is 24.3 Å². The lowest BCUT2D eigenvalue weighted by Crippen LogP contribution is -2.28. The van der Waals surface area contributed by atoms with Gasteiger partial charge in [-0.1, -0.05) is 24.3 Å². The molecule has 144 valence electrons. The van der Waals surface area contributed by atoms with Gasteiger partial charge in [0.25, 0.3) is 5.56 Å². The summed E-state index contributed by atoms with van der Waals surface area (Å²) in [4.78, 5) is 28.2. The summed E-state index contributed by atoms with van der Waals surface area (Å²) in [5.74, 6) is -1.40. The predicted molar refractivity (Wildman–Crippen MR) is 94.0 cm³/mol. The highest BCUT2D eigenvalue weighted by Gasteiger charge is 2.33. The van der Waals surface area contributed by atoms with E-state index in [-0.39, 0.29) is 11.3 Å². The van der Waals surface area contributed by atoms with E-state index in [1.807, 2.05) is 0 Å². The van der Waals surface area contributed by atoms with Crippen LogP contribution in [0, 0.1) is 5.82 Å². The number of alkyl halides is 3. The second-order valence-electron chi connectivity index (χ2n) is 5.81. The number of nitrogens with one attached hydrogen (secondary N) is 1. The number of hydrogen-bond acceptors (Lipinski definition) is 3. The molecule has 0 aliphatic carbocycles. The third kappa shape index (κ3) is 4.25. The van der Waals surface area contributed by atoms with Crippen molar-refractivity contribution in [3.63, 3.8) is 0 Å². The van der Waals surface area contributed by atoms with Gasteiger partial charge < -0.3 is 5.32 Å². The van der Waals surface area contributed by atoms with E-state index in [4.69, 9.17) is 0 Å². The van der Waals surface area contributed by atoms with Gasteiger partial charge in [0.15, 0.2) is 0 Å². The van der Waals surface area contributed by atoms with Crippen LogP contribution in [-0.4, -0.2) is 15.5 Å². The molecule has 0 radical (unpaired) electrons. The zero-order chi connectivity index (χ0) is 20.3. The summed E-state index contributed by atoms with van der Waals surface area (Å²) in [6, 6.07) is 11.3. The monoisotopic (exact) mass is 391 g/mol. The van der Waals surface area contributed by atoms with Gasteiger partial charge in [-0.2, -0.15) is 13.2 Å². The number of carbonyl (C=O) groups excluding carboxylic acids is 1. The fourth-order valence-corrected chi connectivity index (χ4v) is 2.54. The van der Waals surface area contributed by atoms with Gasteiger partial charge in [-0.3, -0.25) is 14.2 Å². The molecule has 0 aliphatic heterocycles. The first-order valence-corrected chi connectivity index (χ1v) is 8.03. The van der Waals surface area contributed by atoms with E-state index in [0.717, 1.165) is 29.1 Å². The smallest absolute Gasteiger partial charge is 0.324 e. The Morgan fingerprint density at radius 3 is 2.43 bits per heavy atom. The van der Waals surface area contributed by atoms with Crippen molar-refractivity contribution in [2.75, 3.05) is 5.32 Å². The molecule has 0 aliphatic rings. The molecule has 28 heavy (non-hydrogen) atoms. The van der Waals surface area contributed by atoms with E-state index in [1.54, 1.807) is 6.07 Å². The fourth-order valence-electron chi connectivity index (χ4n) is 2.54. The first kappa shape index (κ1) is 19.3. The average molecular weight is 391 g/mol. The maximum atomic E-state index is 13.8. The van der Waals surface area contributed by atoms with Gasteiger partial charge in [-0.15, -0.1) is 0 Å². The molecular formula is C19H13F4N3O2. The van der Waals surface area contributed by atoms with Gasteiger partial charge in [0, 0.05) is 11.6 Å². The first-order valence-electron chi connectivity index (χ1n) is 8.03. The SMILES string of the molecule is O=C(Cn1cnc(-c2ccccc2F)cc1=O)Nc1ccccc1C(F)(F)F.